The molecule has 7 rings (SSSR count). The Morgan fingerprint density at radius 1 is 0.659 bits per heavy atom. The molecule has 44 heavy (non-hydrogen) atoms. The number of aromatic nitrogens is 3. The van der Waals surface area contributed by atoms with E-state index >= 15 is 0 Å². The van der Waals surface area contributed by atoms with Crippen LogP contribution in [0.1, 0.15) is 37.5 Å². The molecule has 0 aliphatic carbocycles. The maximum atomic E-state index is 11.0. The first-order valence-electron chi connectivity index (χ1n) is 15.1. The van der Waals surface area contributed by atoms with Crippen molar-refractivity contribution >= 4 is 21.9 Å². The van der Waals surface area contributed by atoms with Crippen LogP contribution in [0.3, 0.4) is 0 Å². The van der Waals surface area contributed by atoms with Crippen LogP contribution in [-0.2, 0) is 5.41 Å². The molecule has 0 radical (unpaired) electrons. The van der Waals surface area contributed by atoms with Crippen molar-refractivity contribution in [2.45, 2.75) is 40.0 Å². The summed E-state index contributed by atoms with van der Waals surface area (Å²) in [6.07, 6.45) is 1.91. The lowest BCUT2D eigenvalue weighted by Crippen LogP contribution is -2.11. The predicted octanol–water partition coefficient (Wildman–Crippen LogP) is 10.2. The van der Waals surface area contributed by atoms with E-state index in [9.17, 15) is 5.11 Å². The monoisotopic (exact) mass is 573 g/mol. The van der Waals surface area contributed by atoms with Gasteiger partial charge in [-0.05, 0) is 102 Å². The molecule has 4 aromatic carbocycles. The minimum atomic E-state index is 0.00439. The third-order valence-corrected chi connectivity index (χ3v) is 8.45. The van der Waals surface area contributed by atoms with Gasteiger partial charge in [-0.25, -0.2) is 4.98 Å². The molecule has 0 atom stereocenters. The van der Waals surface area contributed by atoms with E-state index in [1.54, 1.807) is 0 Å². The molecule has 0 saturated carbocycles. The van der Waals surface area contributed by atoms with Crippen molar-refractivity contribution in [3.63, 3.8) is 0 Å². The number of phenols is 1. The average Bonchev–Trinajstić information content (AvgIpc) is 3.36. The predicted molar refractivity (Wildman–Crippen MR) is 183 cm³/mol. The second-order valence-electron chi connectivity index (χ2n) is 12.7. The van der Waals surface area contributed by atoms with Gasteiger partial charge in [0, 0.05) is 33.8 Å². The summed E-state index contributed by atoms with van der Waals surface area (Å²) in [5, 5.41) is 13.2. The Morgan fingerprint density at radius 2 is 1.41 bits per heavy atom. The van der Waals surface area contributed by atoms with Crippen LogP contribution in [0.4, 0.5) is 0 Å². The van der Waals surface area contributed by atoms with E-state index in [0.29, 0.717) is 0 Å². The molecule has 0 bridgehead atoms. The van der Waals surface area contributed by atoms with Gasteiger partial charge in [-0.15, -0.1) is 0 Å². The summed E-state index contributed by atoms with van der Waals surface area (Å²) in [7, 11) is 0. The number of rotatable bonds is 4. The molecule has 0 fully saturated rings. The Hall–Kier alpha value is -5.22. The summed E-state index contributed by atoms with van der Waals surface area (Å²) in [5.41, 5.74) is 11.8. The number of hydrogen-bond donors (Lipinski definition) is 1. The lowest BCUT2D eigenvalue weighted by atomic mass is 9.87. The molecule has 0 aliphatic heterocycles. The van der Waals surface area contributed by atoms with Crippen molar-refractivity contribution in [2.24, 2.45) is 0 Å². The van der Waals surface area contributed by atoms with Crippen molar-refractivity contribution < 1.29 is 5.11 Å². The highest BCUT2D eigenvalue weighted by atomic mass is 16.3. The second-order valence-corrected chi connectivity index (χ2v) is 12.7. The normalized spacial score (nSPS) is 11.8. The fourth-order valence-corrected chi connectivity index (χ4v) is 6.15. The van der Waals surface area contributed by atoms with Gasteiger partial charge in [0.25, 0.3) is 0 Å². The summed E-state index contributed by atoms with van der Waals surface area (Å²) >= 11 is 0. The highest BCUT2D eigenvalue weighted by Crippen LogP contribution is 2.38. The Bertz CT molecular complexity index is 2190. The van der Waals surface area contributed by atoms with Gasteiger partial charge in [-0.1, -0.05) is 75.4 Å². The summed E-state index contributed by atoms with van der Waals surface area (Å²) < 4.78 is 2.25. The largest absolute Gasteiger partial charge is 0.507 e. The maximum Gasteiger partial charge on any atom is 0.146 e. The molecule has 0 saturated heterocycles. The number of phenolic OH excluding ortho intramolecular Hbond substituents is 1. The minimum Gasteiger partial charge on any atom is -0.507 e. The number of pyridine rings is 2. The average molecular weight is 574 g/mol. The summed E-state index contributed by atoms with van der Waals surface area (Å²) in [4.78, 5) is 10.1. The minimum absolute atomic E-state index is 0.00439. The van der Waals surface area contributed by atoms with Gasteiger partial charge in [0.1, 0.15) is 11.4 Å². The van der Waals surface area contributed by atoms with Gasteiger partial charge in [-0.2, -0.15) is 0 Å². The molecule has 7 aromatic rings. The van der Waals surface area contributed by atoms with Crippen LogP contribution in [0.5, 0.6) is 5.75 Å². The first kappa shape index (κ1) is 27.6. The molecule has 0 spiro atoms. The smallest absolute Gasteiger partial charge is 0.146 e. The number of benzene rings is 4. The summed E-state index contributed by atoms with van der Waals surface area (Å²) in [5.74, 6) is 0.267. The van der Waals surface area contributed by atoms with Crippen LogP contribution >= 0.6 is 0 Å². The van der Waals surface area contributed by atoms with Crippen molar-refractivity contribution in [3.8, 4) is 45.1 Å². The molecule has 216 valence electrons. The Kier molecular flexibility index (Phi) is 6.58. The maximum absolute atomic E-state index is 11.0. The molecule has 4 heteroatoms. The van der Waals surface area contributed by atoms with E-state index in [1.807, 2.05) is 44.3 Å². The molecule has 0 unspecified atom stereocenters. The van der Waals surface area contributed by atoms with Crippen molar-refractivity contribution in [1.82, 2.24) is 14.5 Å². The molecular formula is C40H35N3O. The zero-order chi connectivity index (χ0) is 30.6. The van der Waals surface area contributed by atoms with E-state index in [-0.39, 0.29) is 11.2 Å². The van der Waals surface area contributed by atoms with Crippen molar-refractivity contribution in [2.75, 3.05) is 0 Å². The Labute approximate surface area is 258 Å². The quantitative estimate of drug-likeness (QED) is 0.228. The second kappa shape index (κ2) is 10.5. The zero-order valence-electron chi connectivity index (χ0n) is 25.8. The molecule has 3 heterocycles. The number of hydrogen-bond acceptors (Lipinski definition) is 3. The number of fused-ring (bicyclic) bond motifs is 3. The number of para-hydroxylation sites is 1. The van der Waals surface area contributed by atoms with Gasteiger partial charge in [0.05, 0.1) is 16.9 Å². The molecular weight excluding hydrogens is 538 g/mol. The lowest BCUT2D eigenvalue weighted by Gasteiger charge is -2.20. The third kappa shape index (κ3) is 4.83. The number of aryl methyl sites for hydroxylation is 2. The first-order chi connectivity index (χ1) is 21.2. The van der Waals surface area contributed by atoms with Gasteiger partial charge in [-0.3, -0.25) is 9.55 Å². The van der Waals surface area contributed by atoms with Crippen molar-refractivity contribution in [3.05, 3.63) is 132 Å². The van der Waals surface area contributed by atoms with E-state index in [0.717, 1.165) is 72.4 Å². The summed E-state index contributed by atoms with van der Waals surface area (Å²) in [6, 6.07) is 38.1. The van der Waals surface area contributed by atoms with Crippen molar-refractivity contribution in [1.29, 1.82) is 0 Å². The first-order valence-corrected chi connectivity index (χ1v) is 15.1. The molecule has 0 amide bonds. The highest BCUT2D eigenvalue weighted by Gasteiger charge is 2.19. The van der Waals surface area contributed by atoms with Gasteiger partial charge in [0.15, 0.2) is 0 Å². The SMILES string of the molecule is Cc1cc(C)c(O)c(-c2ccc3c4ccccc4n(-c4cc(-c5ccccc5)cc(-c5cc(C(C)(C)C)ccn5)c4)c3n2)c1. The van der Waals surface area contributed by atoms with E-state index < -0.39 is 0 Å². The zero-order valence-corrected chi connectivity index (χ0v) is 25.8. The Balaban J connectivity index is 1.53. The fraction of sp³-hybridized carbons (Fsp3) is 0.150. The Morgan fingerprint density at radius 3 is 2.20 bits per heavy atom. The molecule has 0 aliphatic rings. The molecule has 1 N–H and O–H groups in total. The van der Waals surface area contributed by atoms with E-state index in [1.165, 1.54) is 5.56 Å². The highest BCUT2D eigenvalue weighted by molar-refractivity contribution is 6.08. The van der Waals surface area contributed by atoms with Crippen LogP contribution in [0, 0.1) is 13.8 Å². The van der Waals surface area contributed by atoms with Crippen LogP contribution in [0.25, 0.3) is 61.3 Å². The summed E-state index contributed by atoms with van der Waals surface area (Å²) in [6.45, 7) is 10.7. The van der Waals surface area contributed by atoms with Crippen LogP contribution in [0.2, 0.25) is 0 Å². The topological polar surface area (TPSA) is 50.9 Å². The van der Waals surface area contributed by atoms with Gasteiger partial charge < -0.3 is 5.11 Å². The number of aromatic hydroxyl groups is 1. The van der Waals surface area contributed by atoms with Crippen LogP contribution in [-0.4, -0.2) is 19.6 Å². The fourth-order valence-electron chi connectivity index (χ4n) is 6.15. The van der Waals surface area contributed by atoms with Gasteiger partial charge >= 0.3 is 0 Å². The number of nitrogens with zero attached hydrogens (tertiary/aromatic N) is 3. The third-order valence-electron chi connectivity index (χ3n) is 8.45. The van der Waals surface area contributed by atoms with E-state index in [4.69, 9.17) is 9.97 Å². The molecule has 3 aromatic heterocycles. The van der Waals surface area contributed by atoms with Crippen LogP contribution < -0.4 is 0 Å². The standard InChI is InChI=1S/C40H35N3O/c1-25-19-26(2)38(44)34(20-25)35-16-15-33-32-13-9-10-14-37(32)43(39(33)42-35)31-22-28(27-11-7-6-8-12-27)21-29(23-31)36-24-30(17-18-41-36)40(3,4)5/h6-24,44H,1-5H3. The lowest BCUT2D eigenvalue weighted by molar-refractivity contribution is 0.473. The van der Waals surface area contributed by atoms with Crippen LogP contribution in [0.15, 0.2) is 115 Å². The van der Waals surface area contributed by atoms with Gasteiger partial charge in [0.2, 0.25) is 0 Å². The van der Waals surface area contributed by atoms with E-state index in [2.05, 4.69) is 110 Å². The molecule has 4 nitrogen and oxygen atoms in total.